The Kier molecular flexibility index (Phi) is 6.76. The first-order valence-electron chi connectivity index (χ1n) is 13.4. The molecule has 3 aliphatic rings. The van der Waals surface area contributed by atoms with Crippen LogP contribution in [0.2, 0.25) is 0 Å². The number of nitrogens with one attached hydrogen (secondary N) is 1. The Morgan fingerprint density at radius 2 is 1.74 bits per heavy atom. The average molecular weight is 538 g/mol. The third-order valence-electron chi connectivity index (χ3n) is 7.95. The number of hydrogen-bond donors (Lipinski definition) is 2. The van der Waals surface area contributed by atoms with Gasteiger partial charge in [-0.2, -0.15) is 18.2 Å². The van der Waals surface area contributed by atoms with Gasteiger partial charge in [0.2, 0.25) is 5.95 Å². The lowest BCUT2D eigenvalue weighted by molar-refractivity contribution is -0.00833. The van der Waals surface area contributed by atoms with Crippen LogP contribution in [0.15, 0.2) is 36.4 Å². The molecule has 2 fully saturated rings. The number of anilines is 1. The molecular formula is C29H30F3N5O2. The number of benzene rings is 2. The van der Waals surface area contributed by atoms with E-state index in [4.69, 9.17) is 10.5 Å². The van der Waals surface area contributed by atoms with Gasteiger partial charge in [-0.25, -0.2) is 4.98 Å². The van der Waals surface area contributed by atoms with Crippen molar-refractivity contribution in [1.29, 1.82) is 0 Å². The fourth-order valence-electron chi connectivity index (χ4n) is 5.88. The largest absolute Gasteiger partial charge is 0.382 e. The van der Waals surface area contributed by atoms with Gasteiger partial charge in [0.05, 0.1) is 6.54 Å². The summed E-state index contributed by atoms with van der Waals surface area (Å²) in [6, 6.07) is 9.86. The third-order valence-corrected chi connectivity index (χ3v) is 7.95. The fraction of sp³-hybridized carbons (Fsp3) is 0.414. The number of likely N-dealkylation sites (tertiary alicyclic amines) is 1. The summed E-state index contributed by atoms with van der Waals surface area (Å²) in [5, 5.41) is 2.19. The number of fused-ring (bicyclic) bond motifs is 1. The van der Waals surface area contributed by atoms with Crippen LogP contribution in [-0.4, -0.2) is 53.6 Å². The van der Waals surface area contributed by atoms with Crippen LogP contribution in [0, 0.1) is 5.95 Å². The highest BCUT2D eigenvalue weighted by molar-refractivity contribution is 5.98. The van der Waals surface area contributed by atoms with Crippen molar-refractivity contribution in [2.75, 3.05) is 38.6 Å². The van der Waals surface area contributed by atoms with E-state index in [0.717, 1.165) is 64.1 Å². The number of ether oxygens (including phenoxy) is 1. The summed E-state index contributed by atoms with van der Waals surface area (Å²) in [7, 11) is 0. The van der Waals surface area contributed by atoms with E-state index in [1.807, 2.05) is 18.2 Å². The molecule has 0 bridgehead atoms. The third kappa shape index (κ3) is 4.98. The highest BCUT2D eigenvalue weighted by Crippen LogP contribution is 2.38. The molecule has 3 aromatic rings. The standard InChI is InChI=1S/C29H30F3N5O2/c30-26-24(18-3-5-21(17-7-11-39-12-8-17)20(13-18)15-37-9-1-2-10-37)35-25(27(33)36-26)19-4-6-22-23(14-19)29(31,32)16-34-28(22)38/h3-6,13-14,17H,1-2,7-12,15-16H2,(H2,33,36)(H,34,38). The maximum absolute atomic E-state index is 15.2. The second kappa shape index (κ2) is 10.2. The van der Waals surface area contributed by atoms with Gasteiger partial charge in [0.15, 0.2) is 5.82 Å². The molecule has 2 aromatic carbocycles. The first kappa shape index (κ1) is 25.8. The smallest absolute Gasteiger partial charge is 0.290 e. The van der Waals surface area contributed by atoms with Crippen molar-refractivity contribution in [3.05, 3.63) is 64.6 Å². The van der Waals surface area contributed by atoms with Crippen LogP contribution in [0.3, 0.4) is 0 Å². The number of carbonyl (C=O) groups is 1. The summed E-state index contributed by atoms with van der Waals surface area (Å²) in [5.41, 5.74) is 8.76. The molecule has 2 saturated heterocycles. The van der Waals surface area contributed by atoms with Gasteiger partial charge in [0.25, 0.3) is 11.8 Å². The van der Waals surface area contributed by atoms with Crippen LogP contribution in [-0.2, 0) is 17.2 Å². The van der Waals surface area contributed by atoms with Gasteiger partial charge in [-0.15, -0.1) is 0 Å². The molecule has 1 amide bonds. The van der Waals surface area contributed by atoms with E-state index in [1.54, 1.807) is 0 Å². The number of hydrogen-bond acceptors (Lipinski definition) is 6. The summed E-state index contributed by atoms with van der Waals surface area (Å²) in [6.45, 7) is 3.46. The lowest BCUT2D eigenvalue weighted by Gasteiger charge is -2.27. The number of halogens is 3. The number of nitrogens with zero attached hydrogens (tertiary/aromatic N) is 3. The lowest BCUT2D eigenvalue weighted by atomic mass is 9.87. The summed E-state index contributed by atoms with van der Waals surface area (Å²) in [6.07, 6.45) is 4.20. The molecule has 1 aromatic heterocycles. The van der Waals surface area contributed by atoms with Gasteiger partial charge in [-0.3, -0.25) is 9.69 Å². The number of rotatable bonds is 5. The quantitative estimate of drug-likeness (QED) is 0.483. The fourth-order valence-corrected chi connectivity index (χ4v) is 5.88. The topological polar surface area (TPSA) is 93.4 Å². The number of aromatic nitrogens is 2. The molecule has 0 unspecified atom stereocenters. The monoisotopic (exact) mass is 537 g/mol. The minimum atomic E-state index is -3.26. The highest BCUT2D eigenvalue weighted by atomic mass is 19.3. The molecule has 6 rings (SSSR count). The normalized spacial score (nSPS) is 19.6. The Hall–Kier alpha value is -3.50. The van der Waals surface area contributed by atoms with Gasteiger partial charge in [-0.05, 0) is 74.0 Å². The maximum Gasteiger partial charge on any atom is 0.290 e. The van der Waals surface area contributed by atoms with Gasteiger partial charge < -0.3 is 15.8 Å². The summed E-state index contributed by atoms with van der Waals surface area (Å²) < 4.78 is 50.0. The van der Waals surface area contributed by atoms with Crippen molar-refractivity contribution in [3.8, 4) is 22.5 Å². The number of alkyl halides is 2. The molecule has 4 heterocycles. The van der Waals surface area contributed by atoms with E-state index >= 15 is 4.39 Å². The van der Waals surface area contributed by atoms with Crippen LogP contribution in [0.5, 0.6) is 0 Å². The molecule has 7 nitrogen and oxygen atoms in total. The van der Waals surface area contributed by atoms with E-state index in [0.29, 0.717) is 11.5 Å². The van der Waals surface area contributed by atoms with Gasteiger partial charge in [-0.1, -0.05) is 18.2 Å². The molecule has 3 aliphatic heterocycles. The molecule has 39 heavy (non-hydrogen) atoms. The SMILES string of the molecule is Nc1nc(F)c(-c2ccc(C3CCOCC3)c(CN3CCCC3)c2)nc1-c1ccc2c(c1)C(F)(F)CNC2=O. The minimum absolute atomic E-state index is 0.00243. The molecular weight excluding hydrogens is 507 g/mol. The van der Waals surface area contributed by atoms with Gasteiger partial charge >= 0.3 is 0 Å². The number of amides is 1. The Balaban J connectivity index is 1.41. The van der Waals surface area contributed by atoms with Gasteiger partial charge in [0, 0.05) is 42.0 Å². The van der Waals surface area contributed by atoms with E-state index in [-0.39, 0.29) is 28.3 Å². The van der Waals surface area contributed by atoms with E-state index in [9.17, 15) is 13.6 Å². The van der Waals surface area contributed by atoms with Crippen molar-refractivity contribution < 1.29 is 22.7 Å². The molecule has 10 heteroatoms. The summed E-state index contributed by atoms with van der Waals surface area (Å²) in [5.74, 6) is -4.50. The predicted octanol–water partition coefficient (Wildman–Crippen LogP) is 4.86. The maximum atomic E-state index is 15.2. The van der Waals surface area contributed by atoms with Crippen LogP contribution < -0.4 is 11.1 Å². The van der Waals surface area contributed by atoms with Crippen molar-refractivity contribution in [3.63, 3.8) is 0 Å². The van der Waals surface area contributed by atoms with Crippen LogP contribution in [0.1, 0.15) is 58.6 Å². The van der Waals surface area contributed by atoms with Crippen molar-refractivity contribution >= 4 is 11.7 Å². The molecule has 0 radical (unpaired) electrons. The zero-order valence-corrected chi connectivity index (χ0v) is 21.5. The predicted molar refractivity (Wildman–Crippen MR) is 141 cm³/mol. The van der Waals surface area contributed by atoms with Crippen molar-refractivity contribution in [2.45, 2.75) is 44.1 Å². The van der Waals surface area contributed by atoms with E-state index in [1.165, 1.54) is 23.8 Å². The first-order chi connectivity index (χ1) is 18.8. The van der Waals surface area contributed by atoms with Crippen molar-refractivity contribution in [2.24, 2.45) is 0 Å². The second-order valence-corrected chi connectivity index (χ2v) is 10.5. The zero-order chi connectivity index (χ0) is 27.1. The molecule has 0 spiro atoms. The molecule has 204 valence electrons. The number of nitrogens with two attached hydrogens (primary N) is 1. The Morgan fingerprint density at radius 1 is 1.03 bits per heavy atom. The lowest BCUT2D eigenvalue weighted by Crippen LogP contribution is -2.41. The number of nitrogen functional groups attached to an aromatic ring is 1. The van der Waals surface area contributed by atoms with E-state index in [2.05, 4.69) is 20.2 Å². The van der Waals surface area contributed by atoms with Crippen molar-refractivity contribution in [1.82, 2.24) is 20.2 Å². The summed E-state index contributed by atoms with van der Waals surface area (Å²) >= 11 is 0. The molecule has 0 saturated carbocycles. The summed E-state index contributed by atoms with van der Waals surface area (Å²) in [4.78, 5) is 22.9. The average Bonchev–Trinajstić information content (AvgIpc) is 3.45. The van der Waals surface area contributed by atoms with E-state index < -0.39 is 29.9 Å². The molecule has 3 N–H and O–H groups in total. The minimum Gasteiger partial charge on any atom is -0.382 e. The molecule has 0 aliphatic carbocycles. The Morgan fingerprint density at radius 3 is 2.51 bits per heavy atom. The van der Waals surface area contributed by atoms with Crippen LogP contribution in [0.25, 0.3) is 22.5 Å². The molecule has 0 atom stereocenters. The Labute approximate surface area is 224 Å². The van der Waals surface area contributed by atoms with Crippen LogP contribution >= 0.6 is 0 Å². The van der Waals surface area contributed by atoms with Gasteiger partial charge in [0.1, 0.15) is 11.4 Å². The second-order valence-electron chi connectivity index (χ2n) is 10.5. The number of carbonyl (C=O) groups excluding carboxylic acids is 1. The van der Waals surface area contributed by atoms with Crippen LogP contribution in [0.4, 0.5) is 19.0 Å². The Bertz CT molecular complexity index is 1420. The zero-order valence-electron chi connectivity index (χ0n) is 21.5. The first-order valence-corrected chi connectivity index (χ1v) is 13.4. The highest BCUT2D eigenvalue weighted by Gasteiger charge is 2.40.